The van der Waals surface area contributed by atoms with Crippen molar-refractivity contribution in [2.24, 2.45) is 11.3 Å². The van der Waals surface area contributed by atoms with Crippen LogP contribution >= 0.6 is 0 Å². The molecule has 1 saturated carbocycles. The predicted octanol–water partition coefficient (Wildman–Crippen LogP) is 0.678. The van der Waals surface area contributed by atoms with E-state index in [1.165, 1.54) is 6.08 Å². The van der Waals surface area contributed by atoms with Gasteiger partial charge in [0.05, 0.1) is 0 Å². The molecule has 1 aliphatic carbocycles. The number of ether oxygens (including phenoxy) is 1. The van der Waals surface area contributed by atoms with Gasteiger partial charge in [0, 0.05) is 6.54 Å². The Kier molecular flexibility index (Phi) is 6.66. The summed E-state index contributed by atoms with van der Waals surface area (Å²) >= 11 is 0. The molecule has 1 heterocycles. The summed E-state index contributed by atoms with van der Waals surface area (Å²) in [5, 5.41) is 7.06. The maximum Gasteiger partial charge on any atom is 0.326 e. The van der Waals surface area contributed by atoms with Crippen LogP contribution in [0, 0.1) is 11.3 Å². The lowest BCUT2D eigenvalue weighted by molar-refractivity contribution is -0.151. The number of carbonyl (C=O) groups excluding carboxylic acids is 5. The molecule has 0 aromatic rings. The molecule has 2 aliphatic rings. The van der Waals surface area contributed by atoms with Crippen LogP contribution in [0.15, 0.2) is 12.7 Å². The monoisotopic (exact) mass is 408 g/mol. The van der Waals surface area contributed by atoms with Gasteiger partial charge in [-0.1, -0.05) is 26.8 Å². The lowest BCUT2D eigenvalue weighted by Gasteiger charge is -2.43. The van der Waals surface area contributed by atoms with Crippen molar-refractivity contribution >= 4 is 29.8 Å². The summed E-state index contributed by atoms with van der Waals surface area (Å²) < 4.78 is 4.78. The Morgan fingerprint density at radius 1 is 1.31 bits per heavy atom. The van der Waals surface area contributed by atoms with Gasteiger partial charge >= 0.3 is 18.0 Å². The third-order valence-corrected chi connectivity index (χ3v) is 4.94. The van der Waals surface area contributed by atoms with Gasteiger partial charge in [0.15, 0.2) is 6.61 Å². The molecule has 0 aromatic heterocycles. The highest BCUT2D eigenvalue weighted by atomic mass is 16.5. The van der Waals surface area contributed by atoms with Crippen molar-refractivity contribution in [3.8, 4) is 0 Å². The molecule has 6 amide bonds. The molecule has 10 nitrogen and oxygen atoms in total. The second-order valence-corrected chi connectivity index (χ2v) is 8.47. The smallest absolute Gasteiger partial charge is 0.326 e. The summed E-state index contributed by atoms with van der Waals surface area (Å²) in [4.78, 5) is 61.1. The van der Waals surface area contributed by atoms with Crippen LogP contribution in [0.25, 0.3) is 0 Å². The SMILES string of the molecule is C=CCNC(=O)NC(=O)COC(=O)CN1C(=O)N[C@@]2(C[C@H](C)CC(C)(C)C2)C1=O. The predicted molar refractivity (Wildman–Crippen MR) is 102 cm³/mol. The van der Waals surface area contributed by atoms with Crippen molar-refractivity contribution < 1.29 is 28.7 Å². The van der Waals surface area contributed by atoms with Crippen LogP contribution in [-0.4, -0.2) is 60.0 Å². The van der Waals surface area contributed by atoms with E-state index in [1.54, 1.807) is 0 Å². The molecule has 1 aliphatic heterocycles. The number of hydrogen-bond acceptors (Lipinski definition) is 6. The molecule has 0 bridgehead atoms. The van der Waals surface area contributed by atoms with Crippen LogP contribution in [0.5, 0.6) is 0 Å². The van der Waals surface area contributed by atoms with Crippen LogP contribution in [-0.2, 0) is 19.1 Å². The minimum absolute atomic E-state index is 0.124. The minimum Gasteiger partial charge on any atom is -0.454 e. The van der Waals surface area contributed by atoms with E-state index in [4.69, 9.17) is 4.74 Å². The molecule has 2 atom stereocenters. The van der Waals surface area contributed by atoms with Crippen LogP contribution < -0.4 is 16.0 Å². The Hall–Kier alpha value is -2.91. The fourth-order valence-electron chi connectivity index (χ4n) is 4.34. The number of urea groups is 2. The summed E-state index contributed by atoms with van der Waals surface area (Å²) in [7, 11) is 0. The fraction of sp³-hybridized carbons (Fsp3) is 0.632. The first-order chi connectivity index (χ1) is 13.5. The molecule has 3 N–H and O–H groups in total. The number of rotatable bonds is 6. The molecular formula is C19H28N4O6. The Labute approximate surface area is 169 Å². The summed E-state index contributed by atoms with van der Waals surface area (Å²) in [5.41, 5.74) is -1.14. The molecule has 2 fully saturated rings. The Morgan fingerprint density at radius 3 is 2.62 bits per heavy atom. The van der Waals surface area contributed by atoms with E-state index in [2.05, 4.69) is 17.2 Å². The van der Waals surface area contributed by atoms with E-state index in [0.717, 1.165) is 11.3 Å². The lowest BCUT2D eigenvalue weighted by Crippen LogP contribution is -2.54. The summed E-state index contributed by atoms with van der Waals surface area (Å²) in [6, 6.07) is -1.40. The quantitative estimate of drug-likeness (QED) is 0.336. The van der Waals surface area contributed by atoms with Crippen LogP contribution in [0.4, 0.5) is 9.59 Å². The van der Waals surface area contributed by atoms with E-state index in [1.807, 2.05) is 26.1 Å². The normalized spacial score (nSPS) is 25.3. The maximum absolute atomic E-state index is 12.9. The average Bonchev–Trinajstić information content (AvgIpc) is 2.79. The third-order valence-electron chi connectivity index (χ3n) is 4.94. The molecular weight excluding hydrogens is 380 g/mol. The maximum atomic E-state index is 12.9. The van der Waals surface area contributed by atoms with E-state index in [9.17, 15) is 24.0 Å². The minimum atomic E-state index is -1.01. The second-order valence-electron chi connectivity index (χ2n) is 8.47. The number of nitrogens with zero attached hydrogens (tertiary/aromatic N) is 1. The highest BCUT2D eigenvalue weighted by molar-refractivity contribution is 6.09. The lowest BCUT2D eigenvalue weighted by atomic mass is 9.64. The molecule has 0 radical (unpaired) electrons. The molecule has 2 rings (SSSR count). The number of hydrogen-bond donors (Lipinski definition) is 3. The average molecular weight is 408 g/mol. The van der Waals surface area contributed by atoms with Gasteiger partial charge in [0.1, 0.15) is 12.1 Å². The van der Waals surface area contributed by atoms with Gasteiger partial charge in [-0.25, -0.2) is 9.59 Å². The molecule has 1 saturated heterocycles. The number of nitrogens with one attached hydrogen (secondary N) is 3. The first-order valence-corrected chi connectivity index (χ1v) is 9.46. The summed E-state index contributed by atoms with van der Waals surface area (Å²) in [5.74, 6) is -1.97. The second kappa shape index (κ2) is 8.62. The van der Waals surface area contributed by atoms with Gasteiger partial charge in [0.25, 0.3) is 11.8 Å². The zero-order valence-corrected chi connectivity index (χ0v) is 17.0. The van der Waals surface area contributed by atoms with Gasteiger partial charge in [-0.15, -0.1) is 6.58 Å². The highest BCUT2D eigenvalue weighted by Crippen LogP contribution is 2.46. The Bertz CT molecular complexity index is 734. The van der Waals surface area contributed by atoms with Gasteiger partial charge < -0.3 is 15.4 Å². The highest BCUT2D eigenvalue weighted by Gasteiger charge is 2.56. The zero-order chi connectivity index (χ0) is 21.8. The number of amides is 6. The number of imide groups is 2. The van der Waals surface area contributed by atoms with E-state index in [0.29, 0.717) is 12.8 Å². The largest absolute Gasteiger partial charge is 0.454 e. The van der Waals surface area contributed by atoms with Gasteiger partial charge in [-0.05, 0) is 30.6 Å². The summed E-state index contributed by atoms with van der Waals surface area (Å²) in [6.45, 7) is 8.40. The fourth-order valence-corrected chi connectivity index (χ4v) is 4.34. The van der Waals surface area contributed by atoms with Crippen LogP contribution in [0.1, 0.15) is 40.0 Å². The van der Waals surface area contributed by atoms with Crippen molar-refractivity contribution in [3.63, 3.8) is 0 Å². The van der Waals surface area contributed by atoms with Crippen LogP contribution in [0.2, 0.25) is 0 Å². The van der Waals surface area contributed by atoms with E-state index < -0.39 is 48.5 Å². The molecule has 10 heteroatoms. The molecule has 1 spiro atoms. The number of carbonyl (C=O) groups is 5. The molecule has 29 heavy (non-hydrogen) atoms. The van der Waals surface area contributed by atoms with Crippen molar-refractivity contribution in [1.29, 1.82) is 0 Å². The van der Waals surface area contributed by atoms with Crippen molar-refractivity contribution in [2.45, 2.75) is 45.6 Å². The third kappa shape index (κ3) is 5.55. The summed E-state index contributed by atoms with van der Waals surface area (Å²) in [6.07, 6.45) is 3.37. The molecule has 0 aromatic carbocycles. The standard InChI is InChI=1S/C19H28N4O6/c1-5-6-20-16(27)21-13(24)10-29-14(25)9-23-15(26)19(22-17(23)28)8-12(2)7-18(3,4)11-19/h5,12H,1,6-11H2,2-4H3,(H,22,28)(H2,20,21,24,27)/t12-,19-/m1/s1. The van der Waals surface area contributed by atoms with Crippen molar-refractivity contribution in [2.75, 3.05) is 19.7 Å². The number of esters is 1. The van der Waals surface area contributed by atoms with Crippen LogP contribution in [0.3, 0.4) is 0 Å². The first-order valence-electron chi connectivity index (χ1n) is 9.46. The Balaban J connectivity index is 1.90. The topological polar surface area (TPSA) is 134 Å². The van der Waals surface area contributed by atoms with Crippen molar-refractivity contribution in [3.05, 3.63) is 12.7 Å². The first kappa shape index (κ1) is 22.4. The van der Waals surface area contributed by atoms with Gasteiger partial charge in [-0.3, -0.25) is 24.6 Å². The van der Waals surface area contributed by atoms with Gasteiger partial charge in [0.2, 0.25) is 0 Å². The Morgan fingerprint density at radius 2 is 2.00 bits per heavy atom. The zero-order valence-electron chi connectivity index (χ0n) is 17.0. The molecule has 0 unspecified atom stereocenters. The van der Waals surface area contributed by atoms with Crippen molar-refractivity contribution in [1.82, 2.24) is 20.9 Å². The van der Waals surface area contributed by atoms with Gasteiger partial charge in [-0.2, -0.15) is 0 Å². The van der Waals surface area contributed by atoms with E-state index in [-0.39, 0.29) is 17.9 Å². The van der Waals surface area contributed by atoms with E-state index >= 15 is 0 Å². The molecule has 160 valence electrons.